The van der Waals surface area contributed by atoms with Gasteiger partial charge in [0.1, 0.15) is 17.3 Å². The number of hydrogen-bond donors (Lipinski definition) is 2. The fraction of sp³-hybridized carbons (Fsp3) is 0.300. The standard InChI is InChI=1S/C30H29ClN6O4S2/c1-30(2)12-22-26(23(38)13-30)25(19-7-5-6-8-21(19)31)20(14-32)27(33)37(22)28-35-36-29(43-28)42-15-24(39)34-16-9-17(40-3)11-18(10-16)41-4/h5-11,25H,12-13,15,33H2,1-4H3,(H,34,39). The molecule has 3 N–H and O–H groups in total. The number of nitrogens with two attached hydrogens (primary N) is 1. The lowest BCUT2D eigenvalue weighted by Gasteiger charge is -2.42. The highest BCUT2D eigenvalue weighted by molar-refractivity contribution is 8.01. The van der Waals surface area contributed by atoms with Crippen LogP contribution in [-0.4, -0.2) is 41.9 Å². The second-order valence-corrected chi connectivity index (χ2v) is 13.4. The number of Topliss-reactive ketones (excluding diaryl/α,β-unsaturated/α-hetero) is 1. The molecule has 0 bridgehead atoms. The van der Waals surface area contributed by atoms with Crippen LogP contribution in [0, 0.1) is 16.7 Å². The summed E-state index contributed by atoms with van der Waals surface area (Å²) in [6, 6.07) is 14.5. The van der Waals surface area contributed by atoms with E-state index in [1.807, 2.05) is 26.0 Å². The highest BCUT2D eigenvalue weighted by atomic mass is 35.5. The predicted octanol–water partition coefficient (Wildman–Crippen LogP) is 5.88. The number of ether oxygens (including phenoxy) is 2. The maximum atomic E-state index is 13.7. The Labute approximate surface area is 262 Å². The number of allylic oxidation sites excluding steroid dienone is 3. The highest BCUT2D eigenvalue weighted by Crippen LogP contribution is 2.51. The van der Waals surface area contributed by atoms with Gasteiger partial charge in [0, 0.05) is 46.6 Å². The summed E-state index contributed by atoms with van der Waals surface area (Å²) >= 11 is 9.01. The molecule has 3 aromatic rings. The Hall–Kier alpha value is -4.05. The minimum absolute atomic E-state index is 0.0635. The number of halogens is 1. The van der Waals surface area contributed by atoms with E-state index in [1.165, 1.54) is 37.3 Å². The molecule has 0 saturated carbocycles. The van der Waals surface area contributed by atoms with Crippen LogP contribution < -0.4 is 25.4 Å². The summed E-state index contributed by atoms with van der Waals surface area (Å²) < 4.78 is 11.1. The Balaban J connectivity index is 1.43. The van der Waals surface area contributed by atoms with Crippen molar-refractivity contribution in [2.45, 2.75) is 36.9 Å². The zero-order valence-electron chi connectivity index (χ0n) is 23.9. The average Bonchev–Trinajstić information content (AvgIpc) is 3.43. The van der Waals surface area contributed by atoms with Crippen LogP contribution in [-0.2, 0) is 9.59 Å². The first kappa shape index (κ1) is 30.4. The average molecular weight is 637 g/mol. The molecular formula is C30H29ClN6O4S2. The Bertz CT molecular complexity index is 1690. The predicted molar refractivity (Wildman–Crippen MR) is 167 cm³/mol. The van der Waals surface area contributed by atoms with E-state index >= 15 is 0 Å². The molecule has 1 aliphatic heterocycles. The van der Waals surface area contributed by atoms with Gasteiger partial charge in [-0.3, -0.25) is 14.5 Å². The van der Waals surface area contributed by atoms with Crippen molar-refractivity contribution in [3.05, 3.63) is 75.7 Å². The molecule has 1 atom stereocenters. The molecule has 0 saturated heterocycles. The Kier molecular flexibility index (Phi) is 8.69. The van der Waals surface area contributed by atoms with Crippen molar-refractivity contribution < 1.29 is 19.1 Å². The van der Waals surface area contributed by atoms with Gasteiger partial charge in [0.15, 0.2) is 10.1 Å². The van der Waals surface area contributed by atoms with Crippen molar-refractivity contribution in [2.75, 3.05) is 30.2 Å². The van der Waals surface area contributed by atoms with Crippen LogP contribution in [0.25, 0.3) is 0 Å². The van der Waals surface area contributed by atoms with Gasteiger partial charge in [-0.1, -0.05) is 66.7 Å². The summed E-state index contributed by atoms with van der Waals surface area (Å²) in [5, 5.41) is 22.6. The normalized spacial score (nSPS) is 17.8. The first-order chi connectivity index (χ1) is 20.5. The van der Waals surface area contributed by atoms with Gasteiger partial charge in [-0.15, -0.1) is 10.2 Å². The molecule has 1 aliphatic carbocycles. The number of carbonyl (C=O) groups excluding carboxylic acids is 2. The number of amides is 1. The number of benzene rings is 2. The molecule has 2 aliphatic rings. The lowest BCUT2D eigenvalue weighted by atomic mass is 9.68. The molecule has 13 heteroatoms. The summed E-state index contributed by atoms with van der Waals surface area (Å²) in [5.74, 6) is 0.337. The summed E-state index contributed by atoms with van der Waals surface area (Å²) in [4.78, 5) is 28.1. The molecule has 0 radical (unpaired) electrons. The van der Waals surface area contributed by atoms with Gasteiger partial charge in [0.2, 0.25) is 11.0 Å². The monoisotopic (exact) mass is 636 g/mol. The number of hydrogen-bond acceptors (Lipinski definition) is 11. The van der Waals surface area contributed by atoms with Gasteiger partial charge in [-0.05, 0) is 23.5 Å². The number of methoxy groups -OCH3 is 2. The van der Waals surface area contributed by atoms with E-state index < -0.39 is 5.92 Å². The highest BCUT2D eigenvalue weighted by Gasteiger charge is 2.45. The van der Waals surface area contributed by atoms with Gasteiger partial charge in [0.05, 0.1) is 37.5 Å². The quantitative estimate of drug-likeness (QED) is 0.288. The largest absolute Gasteiger partial charge is 0.497 e. The molecule has 2 aromatic carbocycles. The number of carbonyl (C=O) groups is 2. The van der Waals surface area contributed by atoms with E-state index in [-0.39, 0.29) is 34.3 Å². The van der Waals surface area contributed by atoms with E-state index in [0.717, 1.165) is 0 Å². The summed E-state index contributed by atoms with van der Waals surface area (Å²) in [6.07, 6.45) is 0.855. The molecule has 1 unspecified atom stereocenters. The van der Waals surface area contributed by atoms with Crippen LogP contribution in [0.4, 0.5) is 10.8 Å². The lowest BCUT2D eigenvalue weighted by Crippen LogP contribution is -2.42. The second kappa shape index (κ2) is 12.3. The van der Waals surface area contributed by atoms with Crippen LogP contribution in [0.1, 0.15) is 38.2 Å². The molecule has 10 nitrogen and oxygen atoms in total. The van der Waals surface area contributed by atoms with Crippen LogP contribution in [0.2, 0.25) is 5.02 Å². The lowest BCUT2D eigenvalue weighted by molar-refractivity contribution is -0.118. The van der Waals surface area contributed by atoms with Crippen LogP contribution in [0.15, 0.2) is 69.5 Å². The molecule has 43 heavy (non-hydrogen) atoms. The zero-order valence-corrected chi connectivity index (χ0v) is 26.3. The minimum Gasteiger partial charge on any atom is -0.497 e. The van der Waals surface area contributed by atoms with Crippen molar-refractivity contribution in [1.29, 1.82) is 5.26 Å². The van der Waals surface area contributed by atoms with E-state index in [2.05, 4.69) is 21.6 Å². The summed E-state index contributed by atoms with van der Waals surface area (Å²) in [6.45, 7) is 4.05. The maximum absolute atomic E-state index is 13.7. The van der Waals surface area contributed by atoms with Gasteiger partial charge in [0.25, 0.3) is 0 Å². The maximum Gasteiger partial charge on any atom is 0.234 e. The summed E-state index contributed by atoms with van der Waals surface area (Å²) in [5.41, 5.74) is 8.93. The molecule has 0 spiro atoms. The zero-order chi connectivity index (χ0) is 30.9. The van der Waals surface area contributed by atoms with Gasteiger partial charge >= 0.3 is 0 Å². The van der Waals surface area contributed by atoms with Crippen molar-refractivity contribution in [3.8, 4) is 17.6 Å². The van der Waals surface area contributed by atoms with E-state index in [1.54, 1.807) is 35.2 Å². The van der Waals surface area contributed by atoms with E-state index in [4.69, 9.17) is 26.8 Å². The van der Waals surface area contributed by atoms with E-state index in [9.17, 15) is 14.9 Å². The molecule has 5 rings (SSSR count). The smallest absolute Gasteiger partial charge is 0.234 e. The Morgan fingerprint density at radius 3 is 2.56 bits per heavy atom. The van der Waals surface area contributed by atoms with Crippen LogP contribution in [0.5, 0.6) is 11.5 Å². The SMILES string of the molecule is COc1cc(NC(=O)CSc2nnc(N3C(N)=C(C#N)C(c4ccccc4Cl)C4=C3CC(C)(C)CC4=O)s2)cc(OC)c1. The number of anilines is 2. The Morgan fingerprint density at radius 1 is 1.21 bits per heavy atom. The number of ketones is 1. The fourth-order valence-corrected chi connectivity index (χ4v) is 7.23. The number of thioether (sulfide) groups is 1. The third-order valence-electron chi connectivity index (χ3n) is 7.15. The second-order valence-electron chi connectivity index (χ2n) is 10.8. The van der Waals surface area contributed by atoms with Crippen molar-refractivity contribution in [2.24, 2.45) is 11.1 Å². The fourth-order valence-electron chi connectivity index (χ4n) is 5.30. The van der Waals surface area contributed by atoms with Crippen LogP contribution in [0.3, 0.4) is 0 Å². The third kappa shape index (κ3) is 6.20. The van der Waals surface area contributed by atoms with Crippen LogP contribution >= 0.6 is 34.7 Å². The van der Waals surface area contributed by atoms with Gasteiger partial charge in [-0.2, -0.15) is 5.26 Å². The van der Waals surface area contributed by atoms with Crippen molar-refractivity contribution >= 4 is 57.2 Å². The third-order valence-corrected chi connectivity index (χ3v) is 9.53. The molecule has 1 amide bonds. The first-order valence-corrected chi connectivity index (χ1v) is 15.4. The molecule has 222 valence electrons. The van der Waals surface area contributed by atoms with Gasteiger partial charge < -0.3 is 20.5 Å². The van der Waals surface area contributed by atoms with Crippen molar-refractivity contribution in [3.63, 3.8) is 0 Å². The molecule has 0 fully saturated rings. The number of nitrogens with zero attached hydrogens (tertiary/aromatic N) is 4. The van der Waals surface area contributed by atoms with Crippen molar-refractivity contribution in [1.82, 2.24) is 10.2 Å². The van der Waals surface area contributed by atoms with Gasteiger partial charge in [-0.25, -0.2) is 0 Å². The molecular weight excluding hydrogens is 608 g/mol. The number of aromatic nitrogens is 2. The number of rotatable bonds is 8. The number of nitrogens with one attached hydrogen (secondary N) is 1. The number of nitriles is 1. The minimum atomic E-state index is -0.686. The van der Waals surface area contributed by atoms with E-state index in [0.29, 0.717) is 61.4 Å². The Morgan fingerprint density at radius 2 is 1.91 bits per heavy atom. The molecule has 1 aromatic heterocycles. The molecule has 2 heterocycles. The summed E-state index contributed by atoms with van der Waals surface area (Å²) in [7, 11) is 3.07. The topological polar surface area (TPSA) is 143 Å². The first-order valence-electron chi connectivity index (χ1n) is 13.2.